The van der Waals surface area contributed by atoms with E-state index in [1.54, 1.807) is 0 Å². The van der Waals surface area contributed by atoms with Crippen molar-refractivity contribution in [1.29, 1.82) is 0 Å². The number of ether oxygens (including phenoxy) is 1. The van der Waals surface area contributed by atoms with Crippen molar-refractivity contribution in [3.05, 3.63) is 35.4 Å². The van der Waals surface area contributed by atoms with Gasteiger partial charge in [0, 0.05) is 43.2 Å². The van der Waals surface area contributed by atoms with Crippen LogP contribution >= 0.6 is 11.8 Å². The molecule has 2 fully saturated rings. The summed E-state index contributed by atoms with van der Waals surface area (Å²) >= 11 is 1.96. The summed E-state index contributed by atoms with van der Waals surface area (Å²) in [5.74, 6) is 3.21. The Morgan fingerprint density at radius 3 is 2.88 bits per heavy atom. The van der Waals surface area contributed by atoms with Gasteiger partial charge in [0.05, 0.1) is 13.2 Å². The molecule has 5 heteroatoms. The molecule has 1 atom stereocenters. The fraction of sp³-hybridized carbons (Fsp3) is 0.650. The summed E-state index contributed by atoms with van der Waals surface area (Å²) in [4.78, 5) is 7.30. The van der Waals surface area contributed by atoms with E-state index in [9.17, 15) is 0 Å². The van der Waals surface area contributed by atoms with E-state index >= 15 is 0 Å². The Labute approximate surface area is 156 Å². The Morgan fingerprint density at radius 2 is 2.16 bits per heavy atom. The van der Waals surface area contributed by atoms with Crippen LogP contribution in [-0.4, -0.2) is 56.0 Å². The monoisotopic (exact) mass is 361 g/mol. The first kappa shape index (κ1) is 18.6. The van der Waals surface area contributed by atoms with Crippen molar-refractivity contribution in [2.75, 3.05) is 45.1 Å². The third kappa shape index (κ3) is 5.14. The number of nitrogens with one attached hydrogen (secondary N) is 1. The Hall–Kier alpha value is -1.20. The molecular weight excluding hydrogens is 330 g/mol. The standard InChI is InChI=1S/C20H31N3OS/c1-3-21-19(23-11-8-20(15-23)9-12-24-16-20)22-10-13-25-14-18-6-4-17(2)5-7-18/h4-7H,3,8-16H2,1-2H3,(H,21,22). The highest BCUT2D eigenvalue weighted by Crippen LogP contribution is 2.38. The molecule has 4 nitrogen and oxygen atoms in total. The van der Waals surface area contributed by atoms with Crippen molar-refractivity contribution in [3.63, 3.8) is 0 Å². The predicted octanol–water partition coefficient (Wildman–Crippen LogP) is 3.31. The minimum absolute atomic E-state index is 0.385. The number of hydrogen-bond donors (Lipinski definition) is 1. The molecule has 2 heterocycles. The first-order chi connectivity index (χ1) is 12.2. The zero-order chi connectivity index (χ0) is 17.5. The first-order valence-corrected chi connectivity index (χ1v) is 10.6. The lowest BCUT2D eigenvalue weighted by atomic mass is 9.87. The molecule has 0 amide bonds. The molecule has 1 unspecified atom stereocenters. The van der Waals surface area contributed by atoms with Gasteiger partial charge in [0.2, 0.25) is 0 Å². The number of likely N-dealkylation sites (tertiary alicyclic amines) is 1. The Balaban J connectivity index is 1.45. The van der Waals surface area contributed by atoms with Crippen molar-refractivity contribution in [2.24, 2.45) is 10.4 Å². The first-order valence-electron chi connectivity index (χ1n) is 9.45. The number of benzene rings is 1. The van der Waals surface area contributed by atoms with Gasteiger partial charge in [-0.1, -0.05) is 29.8 Å². The van der Waals surface area contributed by atoms with Crippen LogP contribution in [0.25, 0.3) is 0 Å². The van der Waals surface area contributed by atoms with Crippen molar-refractivity contribution in [2.45, 2.75) is 32.4 Å². The second-order valence-corrected chi connectivity index (χ2v) is 8.35. The average molecular weight is 362 g/mol. The molecule has 1 aromatic rings. The van der Waals surface area contributed by atoms with Gasteiger partial charge in [-0.05, 0) is 32.3 Å². The van der Waals surface area contributed by atoms with E-state index < -0.39 is 0 Å². The van der Waals surface area contributed by atoms with Gasteiger partial charge in [-0.15, -0.1) is 0 Å². The Morgan fingerprint density at radius 1 is 1.32 bits per heavy atom. The van der Waals surface area contributed by atoms with Crippen LogP contribution in [0.4, 0.5) is 0 Å². The SMILES string of the molecule is CCNC(=NCCSCc1ccc(C)cc1)N1CCC2(CCOC2)C1. The van der Waals surface area contributed by atoms with Gasteiger partial charge >= 0.3 is 0 Å². The molecule has 2 aliphatic heterocycles. The van der Waals surface area contributed by atoms with E-state index in [1.807, 2.05) is 11.8 Å². The predicted molar refractivity (Wildman–Crippen MR) is 107 cm³/mol. The highest BCUT2D eigenvalue weighted by atomic mass is 32.2. The van der Waals surface area contributed by atoms with Crippen LogP contribution in [0.3, 0.4) is 0 Å². The minimum Gasteiger partial charge on any atom is -0.381 e. The number of thioether (sulfide) groups is 1. The lowest BCUT2D eigenvalue weighted by molar-refractivity contribution is 0.156. The molecule has 1 spiro atoms. The van der Waals surface area contributed by atoms with Crippen LogP contribution < -0.4 is 5.32 Å². The number of aliphatic imine (C=N–C) groups is 1. The molecule has 0 bridgehead atoms. The molecule has 0 aromatic heterocycles. The quantitative estimate of drug-likeness (QED) is 0.479. The highest BCUT2D eigenvalue weighted by Gasteiger charge is 2.42. The van der Waals surface area contributed by atoms with Gasteiger partial charge < -0.3 is 15.0 Å². The van der Waals surface area contributed by atoms with E-state index in [4.69, 9.17) is 9.73 Å². The summed E-state index contributed by atoms with van der Waals surface area (Å²) < 4.78 is 5.64. The van der Waals surface area contributed by atoms with Crippen molar-refractivity contribution in [1.82, 2.24) is 10.2 Å². The second kappa shape index (κ2) is 8.95. The smallest absolute Gasteiger partial charge is 0.193 e. The van der Waals surface area contributed by atoms with E-state index in [-0.39, 0.29) is 0 Å². The van der Waals surface area contributed by atoms with Gasteiger partial charge in [-0.3, -0.25) is 4.99 Å². The molecule has 1 aromatic carbocycles. The van der Waals surface area contributed by atoms with Crippen molar-refractivity contribution < 1.29 is 4.74 Å². The summed E-state index contributed by atoms with van der Waals surface area (Å²) in [6.07, 6.45) is 2.44. The number of rotatable bonds is 6. The van der Waals surface area contributed by atoms with Gasteiger partial charge in [0.25, 0.3) is 0 Å². The van der Waals surface area contributed by atoms with Crippen LogP contribution in [0.2, 0.25) is 0 Å². The van der Waals surface area contributed by atoms with E-state index in [1.165, 1.54) is 24.0 Å². The number of aryl methyl sites for hydroxylation is 1. The maximum atomic E-state index is 5.64. The highest BCUT2D eigenvalue weighted by molar-refractivity contribution is 7.98. The molecule has 0 saturated carbocycles. The molecule has 1 N–H and O–H groups in total. The summed E-state index contributed by atoms with van der Waals surface area (Å²) in [7, 11) is 0. The lowest BCUT2D eigenvalue weighted by Gasteiger charge is -2.24. The normalized spacial score (nSPS) is 23.6. The molecule has 2 saturated heterocycles. The van der Waals surface area contributed by atoms with Crippen LogP contribution in [0.15, 0.2) is 29.3 Å². The zero-order valence-electron chi connectivity index (χ0n) is 15.6. The molecule has 0 aliphatic carbocycles. The fourth-order valence-corrected chi connectivity index (χ4v) is 4.40. The van der Waals surface area contributed by atoms with Crippen LogP contribution in [0.1, 0.15) is 30.9 Å². The van der Waals surface area contributed by atoms with Gasteiger partial charge in [0.15, 0.2) is 5.96 Å². The van der Waals surface area contributed by atoms with Gasteiger partial charge in [-0.25, -0.2) is 0 Å². The topological polar surface area (TPSA) is 36.9 Å². The molecule has 25 heavy (non-hydrogen) atoms. The molecule has 2 aliphatic rings. The van der Waals surface area contributed by atoms with Crippen molar-refractivity contribution >= 4 is 17.7 Å². The lowest BCUT2D eigenvalue weighted by Crippen LogP contribution is -2.41. The molecule has 0 radical (unpaired) electrons. The van der Waals surface area contributed by atoms with E-state index in [2.05, 4.69) is 48.3 Å². The maximum Gasteiger partial charge on any atom is 0.193 e. The van der Waals surface area contributed by atoms with Gasteiger partial charge in [0.1, 0.15) is 0 Å². The summed E-state index contributed by atoms with van der Waals surface area (Å²) in [5.41, 5.74) is 3.11. The third-order valence-corrected chi connectivity index (χ3v) is 6.15. The number of nitrogens with zero attached hydrogens (tertiary/aromatic N) is 2. The average Bonchev–Trinajstić information content (AvgIpc) is 3.25. The molecular formula is C20H31N3OS. The zero-order valence-corrected chi connectivity index (χ0v) is 16.4. The third-order valence-electron chi connectivity index (χ3n) is 5.14. The van der Waals surface area contributed by atoms with E-state index in [0.717, 1.165) is 56.9 Å². The second-order valence-electron chi connectivity index (χ2n) is 7.25. The Kier molecular flexibility index (Phi) is 6.65. The molecule has 3 rings (SSSR count). The minimum atomic E-state index is 0.385. The number of guanidine groups is 1. The summed E-state index contributed by atoms with van der Waals surface area (Å²) in [5, 5.41) is 3.47. The molecule has 138 valence electrons. The largest absolute Gasteiger partial charge is 0.381 e. The summed E-state index contributed by atoms with van der Waals surface area (Å²) in [6, 6.07) is 8.83. The fourth-order valence-electron chi connectivity index (χ4n) is 3.60. The summed E-state index contributed by atoms with van der Waals surface area (Å²) in [6.45, 7) is 10.1. The maximum absolute atomic E-state index is 5.64. The van der Waals surface area contributed by atoms with E-state index in [0.29, 0.717) is 5.41 Å². The van der Waals surface area contributed by atoms with Gasteiger partial charge in [-0.2, -0.15) is 11.8 Å². The van der Waals surface area contributed by atoms with Crippen molar-refractivity contribution in [3.8, 4) is 0 Å². The van der Waals surface area contributed by atoms with Crippen LogP contribution in [0, 0.1) is 12.3 Å². The van der Waals surface area contributed by atoms with Crippen LogP contribution in [0.5, 0.6) is 0 Å². The number of hydrogen-bond acceptors (Lipinski definition) is 3. The van der Waals surface area contributed by atoms with Crippen LogP contribution in [-0.2, 0) is 10.5 Å². The Bertz CT molecular complexity index is 567.